The van der Waals surface area contributed by atoms with Gasteiger partial charge in [-0.15, -0.1) is 0 Å². The fourth-order valence-electron chi connectivity index (χ4n) is 6.38. The highest BCUT2D eigenvalue weighted by molar-refractivity contribution is 5.23. The Labute approximate surface area is 286 Å². The number of hydrogen-bond acceptors (Lipinski definition) is 1. The Bertz CT molecular complexity index is 597. The van der Waals surface area contributed by atoms with Gasteiger partial charge in [0.1, 0.15) is 0 Å². The van der Waals surface area contributed by atoms with Crippen LogP contribution in [0, 0.1) is 13.8 Å². The highest BCUT2D eigenvalue weighted by atomic mass is 14.8. The summed E-state index contributed by atoms with van der Waals surface area (Å²) in [6.45, 7) is 11.3. The Hall–Kier alpha value is -0.820. The molecule has 45 heavy (non-hydrogen) atoms. The Kier molecular flexibility index (Phi) is 38.6. The molecule has 1 heteroatoms. The van der Waals surface area contributed by atoms with Crippen LogP contribution in [0.2, 0.25) is 0 Å². The topological polar surface area (TPSA) is 12.0 Å². The molecule has 1 nitrogen and oxygen atoms in total. The van der Waals surface area contributed by atoms with E-state index in [0.717, 1.165) is 0 Å². The molecule has 0 atom stereocenters. The van der Waals surface area contributed by atoms with Gasteiger partial charge in [-0.25, -0.2) is 0 Å². The molecule has 1 aromatic rings. The van der Waals surface area contributed by atoms with Crippen molar-refractivity contribution >= 4 is 0 Å². The molecule has 0 radical (unpaired) electrons. The van der Waals surface area contributed by atoms with E-state index in [2.05, 4.69) is 57.3 Å². The minimum absolute atomic E-state index is 1.25. The van der Waals surface area contributed by atoms with Crippen LogP contribution in [0.3, 0.4) is 0 Å². The van der Waals surface area contributed by atoms with Gasteiger partial charge in [0.2, 0.25) is 0 Å². The van der Waals surface area contributed by atoms with E-state index in [1.165, 1.54) is 230 Å². The van der Waals surface area contributed by atoms with Gasteiger partial charge in [0.15, 0.2) is 0 Å². The molecule has 0 aliphatic rings. The molecule has 1 N–H and O–H groups in total. The van der Waals surface area contributed by atoms with Gasteiger partial charge in [0.25, 0.3) is 0 Å². The molecule has 266 valence electrons. The molecule has 0 aliphatic heterocycles. The smallest absolute Gasteiger partial charge is 0.00489 e. The average molecular weight is 628 g/mol. The number of hydrogen-bond donors (Lipinski definition) is 1. The van der Waals surface area contributed by atoms with Crippen LogP contribution in [-0.4, -0.2) is 13.1 Å². The summed E-state index contributed by atoms with van der Waals surface area (Å²) in [6.07, 6.45) is 46.7. The van der Waals surface area contributed by atoms with E-state index >= 15 is 0 Å². The third-order valence-electron chi connectivity index (χ3n) is 9.84. The molecule has 1 rings (SSSR count). The predicted molar refractivity (Wildman–Crippen MR) is 208 cm³/mol. The molecule has 0 saturated heterocycles. The van der Waals surface area contributed by atoms with Gasteiger partial charge >= 0.3 is 0 Å². The molecule has 0 spiro atoms. The van der Waals surface area contributed by atoms with E-state index in [1.807, 2.05) is 0 Å². The molecular formula is C44H85N. The quantitative estimate of drug-likeness (QED) is 0.0750. The summed E-state index contributed by atoms with van der Waals surface area (Å²) in [5.41, 5.74) is 2.74. The van der Waals surface area contributed by atoms with Crippen molar-refractivity contribution in [2.24, 2.45) is 0 Å². The lowest BCUT2D eigenvalue weighted by Gasteiger charge is -2.06. The first-order valence-corrected chi connectivity index (χ1v) is 20.9. The van der Waals surface area contributed by atoms with Gasteiger partial charge < -0.3 is 5.32 Å². The van der Waals surface area contributed by atoms with Gasteiger partial charge in [-0.3, -0.25) is 0 Å². The highest BCUT2D eigenvalue weighted by Crippen LogP contribution is 2.15. The maximum Gasteiger partial charge on any atom is -0.00489 e. The van der Waals surface area contributed by atoms with E-state index in [9.17, 15) is 0 Å². The lowest BCUT2D eigenvalue weighted by Crippen LogP contribution is -2.16. The Balaban J connectivity index is 0.00000208. The zero-order valence-electron chi connectivity index (χ0n) is 31.9. The van der Waals surface area contributed by atoms with Gasteiger partial charge in [-0.2, -0.15) is 0 Å². The van der Waals surface area contributed by atoms with Gasteiger partial charge in [-0.1, -0.05) is 231 Å². The van der Waals surface area contributed by atoms with Crippen LogP contribution in [0.25, 0.3) is 0 Å². The highest BCUT2D eigenvalue weighted by Gasteiger charge is 1.97. The molecule has 0 aliphatic carbocycles. The van der Waals surface area contributed by atoms with E-state index in [-0.39, 0.29) is 0 Å². The zero-order valence-corrected chi connectivity index (χ0v) is 31.9. The zero-order chi connectivity index (χ0) is 32.7. The second-order valence-corrected chi connectivity index (χ2v) is 14.4. The first-order valence-electron chi connectivity index (χ1n) is 20.9. The summed E-state index contributed by atoms with van der Waals surface area (Å²) in [7, 11) is 0. The van der Waals surface area contributed by atoms with Crippen molar-refractivity contribution in [2.45, 2.75) is 233 Å². The molecule has 1 aromatic carbocycles. The lowest BCUT2D eigenvalue weighted by atomic mass is 10.0. The van der Waals surface area contributed by atoms with Gasteiger partial charge in [0.05, 0.1) is 0 Å². The molecule has 0 fully saturated rings. The minimum Gasteiger partial charge on any atom is -0.317 e. The SMILES string of the molecule is CCCCCCCCCCCCCCCCCCNCCCCCCCCCCCCCCCCCC.Cc1ccccc1C. The second kappa shape index (κ2) is 39.4. The first kappa shape index (κ1) is 44.2. The summed E-state index contributed by atoms with van der Waals surface area (Å²) in [5, 5.41) is 3.68. The summed E-state index contributed by atoms with van der Waals surface area (Å²) in [4.78, 5) is 0. The standard InChI is InChI=1S/C36H75N.C8H10/c1-3-5-7-9-11-13-15-17-19-21-23-25-27-29-31-33-35-37-36-34-32-30-28-26-24-22-20-18-16-14-12-10-8-6-4-2;1-7-5-3-4-6-8(7)2/h37H,3-36H2,1-2H3;3-6H,1-2H3. The van der Waals surface area contributed by atoms with E-state index < -0.39 is 0 Å². The van der Waals surface area contributed by atoms with E-state index in [1.54, 1.807) is 0 Å². The number of rotatable bonds is 34. The van der Waals surface area contributed by atoms with E-state index in [4.69, 9.17) is 0 Å². The molecule has 0 amide bonds. The van der Waals surface area contributed by atoms with Crippen molar-refractivity contribution in [3.8, 4) is 0 Å². The van der Waals surface area contributed by atoms with Crippen LogP contribution in [-0.2, 0) is 0 Å². The molecule has 0 heterocycles. The van der Waals surface area contributed by atoms with Crippen molar-refractivity contribution in [3.05, 3.63) is 35.4 Å². The van der Waals surface area contributed by atoms with Crippen molar-refractivity contribution in [1.82, 2.24) is 5.32 Å². The molecule has 0 aromatic heterocycles. The van der Waals surface area contributed by atoms with E-state index in [0.29, 0.717) is 0 Å². The Morgan fingerprint density at radius 2 is 0.511 bits per heavy atom. The predicted octanol–water partition coefficient (Wildman–Crippen LogP) is 15.4. The molecule has 0 saturated carbocycles. The van der Waals surface area contributed by atoms with Crippen molar-refractivity contribution in [3.63, 3.8) is 0 Å². The van der Waals surface area contributed by atoms with Crippen molar-refractivity contribution in [1.29, 1.82) is 0 Å². The summed E-state index contributed by atoms with van der Waals surface area (Å²) in [5.74, 6) is 0. The largest absolute Gasteiger partial charge is 0.317 e. The van der Waals surface area contributed by atoms with Crippen LogP contribution < -0.4 is 5.32 Å². The normalized spacial score (nSPS) is 11.1. The Morgan fingerprint density at radius 3 is 0.711 bits per heavy atom. The fraction of sp³-hybridized carbons (Fsp3) is 0.864. The summed E-state index contributed by atoms with van der Waals surface area (Å²) >= 11 is 0. The monoisotopic (exact) mass is 628 g/mol. The number of unbranched alkanes of at least 4 members (excludes halogenated alkanes) is 30. The van der Waals surface area contributed by atoms with Gasteiger partial charge in [-0.05, 0) is 50.9 Å². The van der Waals surface area contributed by atoms with Crippen LogP contribution in [0.15, 0.2) is 24.3 Å². The van der Waals surface area contributed by atoms with Crippen LogP contribution in [0.5, 0.6) is 0 Å². The second-order valence-electron chi connectivity index (χ2n) is 14.4. The maximum absolute atomic E-state index is 3.68. The molecule has 0 unspecified atom stereocenters. The third kappa shape index (κ3) is 37.5. The van der Waals surface area contributed by atoms with Crippen LogP contribution in [0.4, 0.5) is 0 Å². The minimum atomic E-state index is 1.25. The lowest BCUT2D eigenvalue weighted by molar-refractivity contribution is 0.515. The summed E-state index contributed by atoms with van der Waals surface area (Å²) in [6, 6.07) is 8.36. The summed E-state index contributed by atoms with van der Waals surface area (Å²) < 4.78 is 0. The number of benzene rings is 1. The fourth-order valence-corrected chi connectivity index (χ4v) is 6.38. The Morgan fingerprint density at radius 1 is 0.311 bits per heavy atom. The van der Waals surface area contributed by atoms with Gasteiger partial charge in [0, 0.05) is 0 Å². The van der Waals surface area contributed by atoms with Crippen molar-refractivity contribution in [2.75, 3.05) is 13.1 Å². The molecular weight excluding hydrogens is 542 g/mol. The number of aryl methyl sites for hydroxylation is 2. The van der Waals surface area contributed by atoms with Crippen molar-refractivity contribution < 1.29 is 0 Å². The van der Waals surface area contributed by atoms with Crippen LogP contribution >= 0.6 is 0 Å². The average Bonchev–Trinajstić information content (AvgIpc) is 3.05. The third-order valence-corrected chi connectivity index (χ3v) is 9.84. The molecule has 0 bridgehead atoms. The van der Waals surface area contributed by atoms with Crippen LogP contribution in [0.1, 0.15) is 230 Å². The number of nitrogens with one attached hydrogen (secondary N) is 1. The first-order chi connectivity index (χ1) is 22.2. The maximum atomic E-state index is 3.68.